The van der Waals surface area contributed by atoms with Crippen molar-refractivity contribution >= 4 is 0 Å². The number of hydrogen-bond acceptors (Lipinski definition) is 4. The van der Waals surface area contributed by atoms with Crippen molar-refractivity contribution in [3.8, 4) is 0 Å². The molecule has 5 N–H and O–H groups in total. The number of hydrogen-bond donors (Lipinski definition) is 4. The van der Waals surface area contributed by atoms with Crippen molar-refractivity contribution < 1.29 is 10.2 Å². The summed E-state index contributed by atoms with van der Waals surface area (Å²) < 4.78 is 0. The predicted molar refractivity (Wildman–Crippen MR) is 83.5 cm³/mol. The maximum absolute atomic E-state index is 10.3. The Kier molecular flexibility index (Phi) is 8.03. The molecule has 0 bridgehead atoms. The number of aliphatic hydroxyl groups is 2. The highest BCUT2D eigenvalue weighted by Gasteiger charge is 2.34. The van der Waals surface area contributed by atoms with E-state index in [0.29, 0.717) is 18.3 Å². The van der Waals surface area contributed by atoms with Gasteiger partial charge in [0, 0.05) is 12.1 Å². The van der Waals surface area contributed by atoms with Crippen molar-refractivity contribution in [2.75, 3.05) is 7.05 Å². The molecule has 4 unspecified atom stereocenters. The summed E-state index contributed by atoms with van der Waals surface area (Å²) in [5, 5.41) is 23.7. The largest absolute Gasteiger partial charge is 0.390 e. The first-order chi connectivity index (χ1) is 9.47. The highest BCUT2D eigenvalue weighted by molar-refractivity contribution is 4.92. The molecular formula is C16H34N2O2. The molecule has 1 saturated carbocycles. The van der Waals surface area contributed by atoms with Crippen LogP contribution in [-0.4, -0.2) is 41.6 Å². The van der Waals surface area contributed by atoms with Gasteiger partial charge in [-0.15, -0.1) is 0 Å². The third kappa shape index (κ3) is 5.32. The second kappa shape index (κ2) is 8.98. The molecule has 0 aliphatic heterocycles. The van der Waals surface area contributed by atoms with Gasteiger partial charge in [0.1, 0.15) is 0 Å². The maximum atomic E-state index is 10.3. The molecule has 0 spiro atoms. The lowest BCUT2D eigenvalue weighted by Crippen LogP contribution is -2.57. The number of rotatable bonds is 8. The van der Waals surface area contributed by atoms with E-state index in [4.69, 9.17) is 5.73 Å². The molecule has 4 nitrogen and oxygen atoms in total. The van der Waals surface area contributed by atoms with Crippen LogP contribution >= 0.6 is 0 Å². The standard InChI is InChI=1S/C16H34N2O2/c1-11(2)9-10-13(19)16(20)14(17)15(18-3)12-7-5-4-6-8-12/h11-16,18-20H,4-10,17H2,1-3H3. The monoisotopic (exact) mass is 286 g/mol. The van der Waals surface area contributed by atoms with E-state index in [1.165, 1.54) is 32.1 Å². The smallest absolute Gasteiger partial charge is 0.0964 e. The Morgan fingerprint density at radius 3 is 2.20 bits per heavy atom. The molecule has 120 valence electrons. The van der Waals surface area contributed by atoms with Crippen molar-refractivity contribution in [2.45, 2.75) is 83.1 Å². The number of nitrogens with two attached hydrogens (primary N) is 1. The van der Waals surface area contributed by atoms with E-state index in [0.717, 1.165) is 6.42 Å². The first-order valence-corrected chi connectivity index (χ1v) is 8.26. The van der Waals surface area contributed by atoms with Gasteiger partial charge in [-0.05, 0) is 44.6 Å². The van der Waals surface area contributed by atoms with E-state index < -0.39 is 18.2 Å². The van der Waals surface area contributed by atoms with Gasteiger partial charge in [0.2, 0.25) is 0 Å². The molecule has 0 heterocycles. The van der Waals surface area contributed by atoms with Gasteiger partial charge in [-0.2, -0.15) is 0 Å². The van der Waals surface area contributed by atoms with Crippen LogP contribution in [0.25, 0.3) is 0 Å². The van der Waals surface area contributed by atoms with Crippen LogP contribution < -0.4 is 11.1 Å². The van der Waals surface area contributed by atoms with Crippen LogP contribution in [0.5, 0.6) is 0 Å². The average Bonchev–Trinajstić information content (AvgIpc) is 2.45. The second-order valence-electron chi connectivity index (χ2n) is 6.82. The summed E-state index contributed by atoms with van der Waals surface area (Å²) in [6.07, 6.45) is 6.14. The lowest BCUT2D eigenvalue weighted by molar-refractivity contribution is -0.0154. The number of likely N-dealkylation sites (N-methyl/N-ethyl adjacent to an activating group) is 1. The molecule has 0 radical (unpaired) electrons. The molecule has 0 aromatic rings. The van der Waals surface area contributed by atoms with Crippen LogP contribution in [0, 0.1) is 11.8 Å². The van der Waals surface area contributed by atoms with Crippen LogP contribution in [0.2, 0.25) is 0 Å². The Bertz CT molecular complexity index is 255. The van der Waals surface area contributed by atoms with Crippen LogP contribution in [0.1, 0.15) is 58.8 Å². The third-order valence-electron chi connectivity index (χ3n) is 4.73. The summed E-state index contributed by atoms with van der Waals surface area (Å²) in [5.74, 6) is 1.06. The van der Waals surface area contributed by atoms with Crippen LogP contribution in [0.4, 0.5) is 0 Å². The molecular weight excluding hydrogens is 252 g/mol. The summed E-state index contributed by atoms with van der Waals surface area (Å²) in [7, 11) is 1.91. The van der Waals surface area contributed by atoms with E-state index in [1.807, 2.05) is 7.05 Å². The highest BCUT2D eigenvalue weighted by Crippen LogP contribution is 2.28. The summed E-state index contributed by atoms with van der Waals surface area (Å²) >= 11 is 0. The van der Waals surface area contributed by atoms with Crippen molar-refractivity contribution in [2.24, 2.45) is 17.6 Å². The fourth-order valence-corrected chi connectivity index (χ4v) is 3.38. The van der Waals surface area contributed by atoms with Crippen LogP contribution in [-0.2, 0) is 0 Å². The fraction of sp³-hybridized carbons (Fsp3) is 1.00. The molecule has 1 rings (SSSR count). The van der Waals surface area contributed by atoms with Gasteiger partial charge < -0.3 is 21.3 Å². The average molecular weight is 286 g/mol. The van der Waals surface area contributed by atoms with E-state index in [-0.39, 0.29) is 6.04 Å². The van der Waals surface area contributed by atoms with Gasteiger partial charge in [-0.3, -0.25) is 0 Å². The number of aliphatic hydroxyl groups excluding tert-OH is 2. The van der Waals surface area contributed by atoms with Crippen LogP contribution in [0.3, 0.4) is 0 Å². The van der Waals surface area contributed by atoms with E-state index in [2.05, 4.69) is 19.2 Å². The summed E-state index contributed by atoms with van der Waals surface area (Å²) in [5.41, 5.74) is 6.24. The lowest BCUT2D eigenvalue weighted by Gasteiger charge is -2.37. The quantitative estimate of drug-likeness (QED) is 0.547. The minimum atomic E-state index is -0.840. The van der Waals surface area contributed by atoms with Crippen LogP contribution in [0.15, 0.2) is 0 Å². The molecule has 20 heavy (non-hydrogen) atoms. The second-order valence-corrected chi connectivity index (χ2v) is 6.82. The van der Waals surface area contributed by atoms with Gasteiger partial charge in [-0.1, -0.05) is 33.1 Å². The molecule has 0 amide bonds. The van der Waals surface area contributed by atoms with Gasteiger partial charge in [0.05, 0.1) is 12.2 Å². The van der Waals surface area contributed by atoms with Gasteiger partial charge >= 0.3 is 0 Å². The maximum Gasteiger partial charge on any atom is 0.0964 e. The van der Waals surface area contributed by atoms with Gasteiger partial charge in [-0.25, -0.2) is 0 Å². The van der Waals surface area contributed by atoms with Crippen molar-refractivity contribution in [1.82, 2.24) is 5.32 Å². The zero-order valence-electron chi connectivity index (χ0n) is 13.4. The third-order valence-corrected chi connectivity index (χ3v) is 4.73. The lowest BCUT2D eigenvalue weighted by atomic mass is 9.79. The Balaban J connectivity index is 2.52. The van der Waals surface area contributed by atoms with Crippen molar-refractivity contribution in [1.29, 1.82) is 0 Å². The Morgan fingerprint density at radius 2 is 1.70 bits per heavy atom. The minimum Gasteiger partial charge on any atom is -0.390 e. The molecule has 1 aliphatic carbocycles. The SMILES string of the molecule is CNC(C1CCCCC1)C(N)C(O)C(O)CCC(C)C. The molecule has 4 atom stereocenters. The summed E-state index contributed by atoms with van der Waals surface area (Å²) in [6, 6.07) is -0.302. The molecule has 0 saturated heterocycles. The predicted octanol–water partition coefficient (Wildman–Crippen LogP) is 1.64. The minimum absolute atomic E-state index is 0.0963. The van der Waals surface area contributed by atoms with E-state index >= 15 is 0 Å². The van der Waals surface area contributed by atoms with E-state index in [9.17, 15) is 10.2 Å². The molecule has 0 aromatic carbocycles. The first kappa shape index (κ1) is 17.9. The fourth-order valence-electron chi connectivity index (χ4n) is 3.38. The Morgan fingerprint density at radius 1 is 1.10 bits per heavy atom. The summed E-state index contributed by atoms with van der Waals surface area (Å²) in [6.45, 7) is 4.24. The molecule has 1 fully saturated rings. The molecule has 4 heteroatoms. The zero-order chi connectivity index (χ0) is 15.1. The Hall–Kier alpha value is -0.160. The van der Waals surface area contributed by atoms with E-state index in [1.54, 1.807) is 0 Å². The normalized spacial score (nSPS) is 23.6. The number of nitrogens with one attached hydrogen (secondary N) is 1. The Labute approximate surface area is 124 Å². The van der Waals surface area contributed by atoms with Crippen molar-refractivity contribution in [3.63, 3.8) is 0 Å². The first-order valence-electron chi connectivity index (χ1n) is 8.26. The molecule has 0 aromatic heterocycles. The molecule has 1 aliphatic rings. The zero-order valence-corrected chi connectivity index (χ0v) is 13.4. The summed E-state index contributed by atoms with van der Waals surface area (Å²) in [4.78, 5) is 0. The topological polar surface area (TPSA) is 78.5 Å². The van der Waals surface area contributed by atoms with Gasteiger partial charge in [0.15, 0.2) is 0 Å². The van der Waals surface area contributed by atoms with Gasteiger partial charge in [0.25, 0.3) is 0 Å². The van der Waals surface area contributed by atoms with Crippen molar-refractivity contribution in [3.05, 3.63) is 0 Å². The highest BCUT2D eigenvalue weighted by atomic mass is 16.3.